The van der Waals surface area contributed by atoms with Gasteiger partial charge < -0.3 is 13.9 Å². The van der Waals surface area contributed by atoms with E-state index >= 15 is 0 Å². The Morgan fingerprint density at radius 3 is 2.61 bits per heavy atom. The fourth-order valence-corrected chi connectivity index (χ4v) is 2.96. The van der Waals surface area contributed by atoms with Gasteiger partial charge in [0.1, 0.15) is 27.9 Å². The summed E-state index contributed by atoms with van der Waals surface area (Å²) in [6, 6.07) is 10.3. The average molecular weight is 379 g/mol. The zero-order chi connectivity index (χ0) is 19.8. The number of fused-ring (bicyclic) bond motifs is 2. The minimum Gasteiger partial charge on any atom is -0.496 e. The zero-order valence-electron chi connectivity index (χ0n) is 15.6. The highest BCUT2D eigenvalue weighted by atomic mass is 16.5. The molecule has 0 unspecified atom stereocenters. The molecule has 2 aromatic heterocycles. The van der Waals surface area contributed by atoms with Gasteiger partial charge in [-0.1, -0.05) is 0 Å². The molecule has 0 amide bonds. The van der Waals surface area contributed by atoms with E-state index in [0.29, 0.717) is 22.2 Å². The van der Waals surface area contributed by atoms with Gasteiger partial charge in [-0.05, 0) is 43.7 Å². The number of aromatic nitrogens is 3. The number of carbonyl (C=O) groups excluding carboxylic acids is 1. The van der Waals surface area contributed by atoms with E-state index in [1.54, 1.807) is 32.2 Å². The van der Waals surface area contributed by atoms with Crippen LogP contribution in [0, 0.1) is 6.92 Å². The van der Waals surface area contributed by atoms with E-state index in [-0.39, 0.29) is 12.2 Å². The van der Waals surface area contributed by atoms with Crippen LogP contribution in [-0.4, -0.2) is 34.7 Å². The minimum atomic E-state index is -0.748. The van der Waals surface area contributed by atoms with Crippen LogP contribution >= 0.6 is 0 Å². The van der Waals surface area contributed by atoms with Crippen molar-refractivity contribution < 1.29 is 18.7 Å². The lowest BCUT2D eigenvalue weighted by Crippen LogP contribution is -2.16. The van der Waals surface area contributed by atoms with Gasteiger partial charge in [0.15, 0.2) is 0 Å². The standard InChI is InChI=1S/C20H17N3O5/c1-4-27-19(24)14-8-12-5-6-13(9-18(12)28-20(14)25)23-21-15-7-11(2)17(26-3)10-16(15)22-23/h5-10H,4H2,1-3H3. The molecule has 0 radical (unpaired) electrons. The maximum absolute atomic E-state index is 12.1. The van der Waals surface area contributed by atoms with Crippen LogP contribution in [0.5, 0.6) is 5.75 Å². The van der Waals surface area contributed by atoms with Crippen molar-refractivity contribution in [1.29, 1.82) is 0 Å². The summed E-state index contributed by atoms with van der Waals surface area (Å²) in [7, 11) is 1.61. The summed E-state index contributed by atoms with van der Waals surface area (Å²) in [5, 5.41) is 9.54. The molecule has 2 heterocycles. The van der Waals surface area contributed by atoms with Crippen molar-refractivity contribution in [3.05, 3.63) is 57.9 Å². The molecule has 0 aliphatic rings. The van der Waals surface area contributed by atoms with Crippen LogP contribution in [-0.2, 0) is 4.74 Å². The molecular weight excluding hydrogens is 362 g/mol. The van der Waals surface area contributed by atoms with Gasteiger partial charge >= 0.3 is 11.6 Å². The summed E-state index contributed by atoms with van der Waals surface area (Å²) in [5.74, 6) is 0.0297. The molecule has 0 aliphatic carbocycles. The van der Waals surface area contributed by atoms with Gasteiger partial charge in [0.25, 0.3) is 0 Å². The molecule has 0 fully saturated rings. The highest BCUT2D eigenvalue weighted by molar-refractivity contribution is 5.93. The van der Waals surface area contributed by atoms with E-state index in [9.17, 15) is 9.59 Å². The number of nitrogens with zero attached hydrogens (tertiary/aromatic N) is 3. The Bertz CT molecular complexity index is 1270. The quantitative estimate of drug-likeness (QED) is 0.397. The van der Waals surface area contributed by atoms with E-state index in [4.69, 9.17) is 13.9 Å². The van der Waals surface area contributed by atoms with Gasteiger partial charge in [0.05, 0.1) is 19.4 Å². The van der Waals surface area contributed by atoms with Gasteiger partial charge in [0.2, 0.25) is 0 Å². The number of esters is 1. The monoisotopic (exact) mass is 379 g/mol. The largest absolute Gasteiger partial charge is 0.496 e. The Morgan fingerprint density at radius 1 is 1.14 bits per heavy atom. The zero-order valence-corrected chi connectivity index (χ0v) is 15.6. The number of carbonyl (C=O) groups is 1. The fraction of sp³-hybridized carbons (Fsp3) is 0.200. The van der Waals surface area contributed by atoms with Crippen LogP contribution in [0.25, 0.3) is 27.7 Å². The molecule has 28 heavy (non-hydrogen) atoms. The van der Waals surface area contributed by atoms with Crippen molar-refractivity contribution in [3.63, 3.8) is 0 Å². The number of hydrogen-bond acceptors (Lipinski definition) is 7. The molecule has 0 N–H and O–H groups in total. The van der Waals surface area contributed by atoms with Gasteiger partial charge in [-0.2, -0.15) is 4.80 Å². The van der Waals surface area contributed by atoms with Crippen molar-refractivity contribution in [2.75, 3.05) is 13.7 Å². The van der Waals surface area contributed by atoms with Crippen LogP contribution in [0.3, 0.4) is 0 Å². The molecule has 0 aliphatic heterocycles. The van der Waals surface area contributed by atoms with Crippen LogP contribution < -0.4 is 10.4 Å². The maximum atomic E-state index is 12.1. The van der Waals surface area contributed by atoms with Crippen LogP contribution in [0.1, 0.15) is 22.8 Å². The summed E-state index contributed by atoms with van der Waals surface area (Å²) < 4.78 is 15.5. The predicted octanol–water partition coefficient (Wildman–Crippen LogP) is 3.02. The van der Waals surface area contributed by atoms with E-state index in [2.05, 4.69) is 10.2 Å². The molecule has 0 spiro atoms. The van der Waals surface area contributed by atoms with E-state index in [0.717, 1.165) is 16.8 Å². The molecule has 0 saturated heterocycles. The first-order chi connectivity index (χ1) is 13.5. The molecule has 4 aromatic rings. The van der Waals surface area contributed by atoms with Crippen molar-refractivity contribution in [2.24, 2.45) is 0 Å². The van der Waals surface area contributed by atoms with Crippen LogP contribution in [0.2, 0.25) is 0 Å². The number of ether oxygens (including phenoxy) is 2. The second-order valence-electron chi connectivity index (χ2n) is 6.19. The topological polar surface area (TPSA) is 96.5 Å². The van der Waals surface area contributed by atoms with E-state index in [1.807, 2.05) is 19.1 Å². The lowest BCUT2D eigenvalue weighted by molar-refractivity contribution is 0.0522. The first-order valence-electron chi connectivity index (χ1n) is 8.67. The van der Waals surface area contributed by atoms with Crippen molar-refractivity contribution in [3.8, 4) is 11.4 Å². The first kappa shape index (κ1) is 17.7. The van der Waals surface area contributed by atoms with Crippen LogP contribution in [0.15, 0.2) is 45.6 Å². The molecule has 4 rings (SSSR count). The van der Waals surface area contributed by atoms with Gasteiger partial charge in [0, 0.05) is 17.5 Å². The third-order valence-corrected chi connectivity index (χ3v) is 4.34. The Labute approximate surface area is 159 Å². The lowest BCUT2D eigenvalue weighted by Gasteiger charge is -2.04. The normalized spacial score (nSPS) is 11.1. The van der Waals surface area contributed by atoms with Gasteiger partial charge in [-0.25, -0.2) is 9.59 Å². The number of hydrogen-bond donors (Lipinski definition) is 0. The minimum absolute atomic E-state index is 0.132. The molecule has 0 saturated carbocycles. The molecule has 2 aromatic carbocycles. The molecular formula is C20H17N3O5. The molecule has 0 atom stereocenters. The smallest absolute Gasteiger partial charge is 0.351 e. The van der Waals surface area contributed by atoms with Crippen molar-refractivity contribution in [1.82, 2.24) is 15.0 Å². The molecule has 142 valence electrons. The summed E-state index contributed by atoms with van der Waals surface area (Å²) in [6.07, 6.45) is 0. The van der Waals surface area contributed by atoms with Crippen molar-refractivity contribution >= 4 is 28.0 Å². The SMILES string of the molecule is CCOC(=O)c1cc2ccc(-n3nc4cc(C)c(OC)cc4n3)cc2oc1=O. The third-order valence-electron chi connectivity index (χ3n) is 4.34. The number of rotatable bonds is 4. The second kappa shape index (κ2) is 6.80. The summed E-state index contributed by atoms with van der Waals surface area (Å²) >= 11 is 0. The highest BCUT2D eigenvalue weighted by Crippen LogP contribution is 2.24. The van der Waals surface area contributed by atoms with E-state index < -0.39 is 11.6 Å². The molecule has 8 heteroatoms. The van der Waals surface area contributed by atoms with Crippen LogP contribution in [0.4, 0.5) is 0 Å². The Morgan fingerprint density at radius 2 is 1.89 bits per heavy atom. The third kappa shape index (κ3) is 2.98. The fourth-order valence-electron chi connectivity index (χ4n) is 2.96. The highest BCUT2D eigenvalue weighted by Gasteiger charge is 2.16. The summed E-state index contributed by atoms with van der Waals surface area (Å²) in [4.78, 5) is 25.4. The number of methoxy groups -OCH3 is 1. The maximum Gasteiger partial charge on any atom is 0.351 e. The summed E-state index contributed by atoms with van der Waals surface area (Å²) in [6.45, 7) is 3.78. The Hall–Kier alpha value is -3.68. The second-order valence-corrected chi connectivity index (χ2v) is 6.19. The molecule has 0 bridgehead atoms. The Kier molecular flexibility index (Phi) is 4.31. The predicted molar refractivity (Wildman–Crippen MR) is 102 cm³/mol. The van der Waals surface area contributed by atoms with Crippen molar-refractivity contribution in [2.45, 2.75) is 13.8 Å². The number of aryl methyl sites for hydroxylation is 1. The average Bonchev–Trinajstić information content (AvgIpc) is 3.09. The van der Waals surface area contributed by atoms with E-state index in [1.165, 1.54) is 10.9 Å². The summed E-state index contributed by atoms with van der Waals surface area (Å²) in [5.41, 5.74) is 2.42. The number of benzene rings is 2. The lowest BCUT2D eigenvalue weighted by atomic mass is 10.1. The van der Waals surface area contributed by atoms with Gasteiger partial charge in [-0.3, -0.25) is 0 Å². The molecule has 8 nitrogen and oxygen atoms in total. The first-order valence-corrected chi connectivity index (χ1v) is 8.67. The van der Waals surface area contributed by atoms with Gasteiger partial charge in [-0.15, -0.1) is 10.2 Å². The Balaban J connectivity index is 1.79.